The molecule has 0 spiro atoms. The normalized spacial score (nSPS) is 12.5. The summed E-state index contributed by atoms with van der Waals surface area (Å²) in [7, 11) is 0. The third-order valence-corrected chi connectivity index (χ3v) is 1.66. The van der Waals surface area contributed by atoms with Gasteiger partial charge in [-0.15, -0.1) is 0 Å². The van der Waals surface area contributed by atoms with Crippen molar-refractivity contribution in [2.75, 3.05) is 19.7 Å². The molecule has 0 aromatic heterocycles. The summed E-state index contributed by atoms with van der Waals surface area (Å²) < 4.78 is 5.56. The maximum absolute atomic E-state index is 5.56. The minimum Gasteiger partial charge on any atom is -0.378 e. The highest BCUT2D eigenvalue weighted by molar-refractivity contribution is 4.70. The number of nitrogens with one attached hydrogen (secondary N) is 1. The first-order valence-corrected chi connectivity index (χ1v) is 4.80. The van der Waals surface area contributed by atoms with Gasteiger partial charge in [0.2, 0.25) is 0 Å². The average Bonchev–Trinajstić information content (AvgIpc) is 1.98. The molecule has 0 aromatic carbocycles. The first-order valence-electron chi connectivity index (χ1n) is 4.80. The third kappa shape index (κ3) is 6.62. The van der Waals surface area contributed by atoms with Crippen molar-refractivity contribution in [3.8, 4) is 0 Å². The van der Waals surface area contributed by atoms with Crippen molar-refractivity contribution in [1.29, 1.82) is 0 Å². The van der Waals surface area contributed by atoms with Crippen LogP contribution in [0, 0.1) is 5.41 Å². The summed E-state index contributed by atoms with van der Waals surface area (Å²) in [4.78, 5) is 0. The lowest BCUT2D eigenvalue weighted by molar-refractivity contribution is 0.0219. The molecule has 0 atom stereocenters. The van der Waals surface area contributed by atoms with Crippen LogP contribution in [0.25, 0.3) is 0 Å². The molecule has 0 unspecified atom stereocenters. The van der Waals surface area contributed by atoms with E-state index in [1.165, 1.54) is 0 Å². The monoisotopic (exact) mass is 173 g/mol. The average molecular weight is 173 g/mol. The summed E-state index contributed by atoms with van der Waals surface area (Å²) >= 11 is 0. The Bertz CT molecular complexity index is 110. The molecular weight excluding hydrogens is 150 g/mol. The summed E-state index contributed by atoms with van der Waals surface area (Å²) in [5.41, 5.74) is 0.250. The Morgan fingerprint density at radius 2 is 1.92 bits per heavy atom. The van der Waals surface area contributed by atoms with E-state index in [-0.39, 0.29) is 5.41 Å². The van der Waals surface area contributed by atoms with Gasteiger partial charge in [-0.2, -0.15) is 0 Å². The molecule has 74 valence electrons. The zero-order valence-corrected chi connectivity index (χ0v) is 9.11. The molecule has 2 nitrogen and oxygen atoms in total. The SMILES string of the molecule is CCNCC(C)(C)COC(C)C. The fraction of sp³-hybridized carbons (Fsp3) is 1.00. The van der Waals surface area contributed by atoms with Crippen molar-refractivity contribution in [3.63, 3.8) is 0 Å². The minimum atomic E-state index is 0.250. The smallest absolute Gasteiger partial charge is 0.0532 e. The summed E-state index contributed by atoms with van der Waals surface area (Å²) in [6, 6.07) is 0. The maximum atomic E-state index is 5.56. The zero-order valence-electron chi connectivity index (χ0n) is 9.11. The van der Waals surface area contributed by atoms with Crippen LogP contribution in [0.5, 0.6) is 0 Å². The van der Waals surface area contributed by atoms with E-state index in [1.54, 1.807) is 0 Å². The van der Waals surface area contributed by atoms with Crippen LogP contribution in [-0.4, -0.2) is 25.8 Å². The van der Waals surface area contributed by atoms with Crippen molar-refractivity contribution >= 4 is 0 Å². The fourth-order valence-electron chi connectivity index (χ4n) is 0.907. The topological polar surface area (TPSA) is 21.3 Å². The Morgan fingerprint density at radius 3 is 2.33 bits per heavy atom. The number of rotatable bonds is 6. The highest BCUT2D eigenvalue weighted by Crippen LogP contribution is 2.14. The van der Waals surface area contributed by atoms with Crippen LogP contribution in [0.4, 0.5) is 0 Å². The second-order valence-electron chi connectivity index (χ2n) is 4.30. The van der Waals surface area contributed by atoms with Gasteiger partial charge in [-0.1, -0.05) is 20.8 Å². The van der Waals surface area contributed by atoms with Gasteiger partial charge < -0.3 is 10.1 Å². The lowest BCUT2D eigenvalue weighted by Crippen LogP contribution is -2.33. The summed E-state index contributed by atoms with van der Waals surface area (Å²) in [6.45, 7) is 13.6. The maximum Gasteiger partial charge on any atom is 0.0532 e. The lowest BCUT2D eigenvalue weighted by atomic mass is 9.95. The van der Waals surface area contributed by atoms with Crippen LogP contribution >= 0.6 is 0 Å². The van der Waals surface area contributed by atoms with Crippen LogP contribution in [-0.2, 0) is 4.74 Å². The zero-order chi connectivity index (χ0) is 9.61. The molecule has 0 aliphatic carbocycles. The summed E-state index contributed by atoms with van der Waals surface area (Å²) in [5.74, 6) is 0. The van der Waals surface area contributed by atoms with Crippen LogP contribution in [0.3, 0.4) is 0 Å². The van der Waals surface area contributed by atoms with Crippen molar-refractivity contribution in [2.24, 2.45) is 5.41 Å². The molecule has 0 aromatic rings. The molecule has 0 heterocycles. The first kappa shape index (κ1) is 11.9. The van der Waals surface area contributed by atoms with E-state index in [2.05, 4.69) is 39.9 Å². The molecule has 0 aliphatic heterocycles. The van der Waals surface area contributed by atoms with Gasteiger partial charge >= 0.3 is 0 Å². The molecule has 0 radical (unpaired) electrons. The summed E-state index contributed by atoms with van der Waals surface area (Å²) in [5, 5.41) is 3.33. The molecule has 2 heteroatoms. The lowest BCUT2D eigenvalue weighted by Gasteiger charge is -2.25. The van der Waals surface area contributed by atoms with Gasteiger partial charge in [-0.05, 0) is 20.4 Å². The van der Waals surface area contributed by atoms with E-state index >= 15 is 0 Å². The largest absolute Gasteiger partial charge is 0.378 e. The van der Waals surface area contributed by atoms with E-state index in [9.17, 15) is 0 Å². The predicted molar refractivity (Wildman–Crippen MR) is 53.4 cm³/mol. The second kappa shape index (κ2) is 5.55. The van der Waals surface area contributed by atoms with Gasteiger partial charge in [0.05, 0.1) is 12.7 Å². The van der Waals surface area contributed by atoms with E-state index in [0.29, 0.717) is 6.10 Å². The van der Waals surface area contributed by atoms with Crippen molar-refractivity contribution in [1.82, 2.24) is 5.32 Å². The van der Waals surface area contributed by atoms with E-state index < -0.39 is 0 Å². The predicted octanol–water partition coefficient (Wildman–Crippen LogP) is 2.05. The van der Waals surface area contributed by atoms with Crippen LogP contribution in [0.15, 0.2) is 0 Å². The number of ether oxygens (including phenoxy) is 1. The molecule has 0 aliphatic rings. The Balaban J connectivity index is 3.56. The molecule has 0 saturated heterocycles. The van der Waals surface area contributed by atoms with Gasteiger partial charge in [0.25, 0.3) is 0 Å². The molecule has 0 saturated carbocycles. The number of hydrogen-bond donors (Lipinski definition) is 1. The Hall–Kier alpha value is -0.0800. The molecule has 0 rings (SSSR count). The van der Waals surface area contributed by atoms with E-state index in [4.69, 9.17) is 4.74 Å². The van der Waals surface area contributed by atoms with Gasteiger partial charge in [0.1, 0.15) is 0 Å². The van der Waals surface area contributed by atoms with Crippen molar-refractivity contribution in [2.45, 2.75) is 40.7 Å². The Kier molecular flexibility index (Phi) is 5.51. The first-order chi connectivity index (χ1) is 5.48. The minimum absolute atomic E-state index is 0.250. The van der Waals surface area contributed by atoms with E-state index in [1.807, 2.05) is 0 Å². The van der Waals surface area contributed by atoms with Gasteiger partial charge in [0, 0.05) is 12.0 Å². The second-order valence-corrected chi connectivity index (χ2v) is 4.30. The molecule has 1 N–H and O–H groups in total. The Labute approximate surface area is 76.7 Å². The van der Waals surface area contributed by atoms with Crippen LogP contribution in [0.1, 0.15) is 34.6 Å². The molecule has 0 bridgehead atoms. The Morgan fingerprint density at radius 1 is 1.33 bits per heavy atom. The standard InChI is InChI=1S/C10H23NO/c1-6-11-7-10(4,5)8-12-9(2)3/h9,11H,6-8H2,1-5H3. The summed E-state index contributed by atoms with van der Waals surface area (Å²) in [6.07, 6.45) is 0.339. The third-order valence-electron chi connectivity index (χ3n) is 1.66. The molecule has 12 heavy (non-hydrogen) atoms. The molecule has 0 fully saturated rings. The van der Waals surface area contributed by atoms with Crippen molar-refractivity contribution in [3.05, 3.63) is 0 Å². The molecular formula is C10H23NO. The number of hydrogen-bond acceptors (Lipinski definition) is 2. The highest BCUT2D eigenvalue weighted by atomic mass is 16.5. The van der Waals surface area contributed by atoms with Crippen LogP contribution < -0.4 is 5.32 Å². The van der Waals surface area contributed by atoms with Crippen molar-refractivity contribution < 1.29 is 4.74 Å². The van der Waals surface area contributed by atoms with Gasteiger partial charge in [-0.25, -0.2) is 0 Å². The fourth-order valence-corrected chi connectivity index (χ4v) is 0.907. The quantitative estimate of drug-likeness (QED) is 0.663. The van der Waals surface area contributed by atoms with Crippen LogP contribution in [0.2, 0.25) is 0 Å². The molecule has 0 amide bonds. The highest BCUT2D eigenvalue weighted by Gasteiger charge is 2.17. The van der Waals surface area contributed by atoms with Gasteiger partial charge in [-0.3, -0.25) is 0 Å². The van der Waals surface area contributed by atoms with E-state index in [0.717, 1.165) is 19.7 Å². The van der Waals surface area contributed by atoms with Gasteiger partial charge in [0.15, 0.2) is 0 Å².